The zero-order valence-electron chi connectivity index (χ0n) is 8.74. The van der Waals surface area contributed by atoms with E-state index in [0.29, 0.717) is 0 Å². The van der Waals surface area contributed by atoms with Gasteiger partial charge in [0, 0.05) is 229 Å². The zero-order chi connectivity index (χ0) is 4.83. The molecule has 0 bridgehead atoms. The fourth-order valence-corrected chi connectivity index (χ4v) is 0.408. The second-order valence-corrected chi connectivity index (χ2v) is 1.49. The van der Waals surface area contributed by atoms with Gasteiger partial charge >= 0.3 is 0 Å². The minimum absolute atomic E-state index is 0. The summed E-state index contributed by atoms with van der Waals surface area (Å²) in [5.41, 5.74) is 0. The molecule has 0 N–H and O–H groups in total. The number of hydrogen-bond acceptors (Lipinski definition) is 0. The summed E-state index contributed by atoms with van der Waals surface area (Å²) in [7, 11) is 0. The van der Waals surface area contributed by atoms with Crippen LogP contribution in [0.3, 0.4) is 0 Å². The third kappa shape index (κ3) is 53.9. The van der Waals surface area contributed by atoms with Gasteiger partial charge in [-0.15, -0.1) is 0 Å². The van der Waals surface area contributed by atoms with Crippen molar-refractivity contribution in [3.8, 4) is 0 Å². The van der Waals surface area contributed by atoms with Crippen LogP contribution in [0.15, 0.2) is 0 Å². The van der Waals surface area contributed by atoms with Crippen molar-refractivity contribution in [2.45, 2.75) is 33.1 Å². The van der Waals surface area contributed by atoms with Crippen LogP contribution in [0.5, 0.6) is 0 Å². The summed E-state index contributed by atoms with van der Waals surface area (Å²) in [5.74, 6) is 0. The van der Waals surface area contributed by atoms with Crippen LogP contribution in [0.1, 0.15) is 33.1 Å². The van der Waals surface area contributed by atoms with Gasteiger partial charge in [0.05, 0.1) is 0 Å². The molecule has 0 heterocycles. The molecule has 0 saturated carbocycles. The molecule has 59 valence electrons. The Kier molecular flexibility index (Phi) is 193. The molecule has 7 heteroatoms. The fraction of sp³-hybridized carbons (Fsp3) is 0.833. The number of rotatable bonds is 3. The summed E-state index contributed by atoms with van der Waals surface area (Å²) in [5, 5.41) is 0. The molecule has 0 aliphatic heterocycles. The van der Waals surface area contributed by atoms with Crippen molar-refractivity contribution in [2.75, 3.05) is 0 Å². The van der Waals surface area contributed by atoms with Crippen molar-refractivity contribution in [1.29, 1.82) is 0 Å². The van der Waals surface area contributed by atoms with E-state index in [4.69, 9.17) is 0 Å². The van der Waals surface area contributed by atoms with Gasteiger partial charge in [-0.2, -0.15) is 12.8 Å². The monoisotopic (exact) mass is 707 g/mol. The van der Waals surface area contributed by atoms with Crippen molar-refractivity contribution in [3.05, 3.63) is 6.42 Å². The normalized spacial score (nSPS) is 4.15. The first-order chi connectivity index (χ1) is 2.91. The number of unbranched alkanes of at least 4 members (excludes halogenated alkanes) is 3. The maximum absolute atomic E-state index is 2.31. The topological polar surface area (TPSA) is 0 Å². The molecular weight excluding hydrogens is 694 g/mol. The molecule has 0 aliphatic carbocycles. The summed E-state index contributed by atoms with van der Waals surface area (Å²) >= 11 is 0. The minimum atomic E-state index is 0. The van der Waals surface area contributed by atoms with Crippen molar-refractivity contribution >= 4 is 0 Å². The minimum Gasteiger partial charge on any atom is -0.329 e. The molecule has 0 aromatic rings. The van der Waals surface area contributed by atoms with E-state index in [-0.39, 0.29) is 229 Å². The van der Waals surface area contributed by atoms with Crippen molar-refractivity contribution in [1.82, 2.24) is 0 Å². The third-order valence-electron chi connectivity index (χ3n) is 0.781. The van der Waals surface area contributed by atoms with Crippen LogP contribution in [-0.2, 0) is 229 Å². The van der Waals surface area contributed by atoms with Gasteiger partial charge in [0.1, 0.15) is 0 Å². The van der Waals surface area contributed by atoms with Gasteiger partial charge in [0.2, 0.25) is 0 Å². The van der Waals surface area contributed by atoms with Crippen LogP contribution in [0, 0.1) is 6.42 Å². The first-order valence-electron chi connectivity index (χ1n) is 2.73. The summed E-state index contributed by atoms with van der Waals surface area (Å²) in [6.45, 7) is 4.38. The Hall–Kier alpha value is 7.73. The van der Waals surface area contributed by atoms with Crippen molar-refractivity contribution in [2.24, 2.45) is 0 Å². The van der Waals surface area contributed by atoms with E-state index in [1.807, 2.05) is 0 Å². The van der Waals surface area contributed by atoms with Gasteiger partial charge in [-0.05, 0) is 0 Å². The molecule has 0 rings (SSSR count). The molecule has 0 nitrogen and oxygen atoms in total. The Morgan fingerprint density at radius 2 is 1.00 bits per heavy atom. The Morgan fingerprint density at radius 1 is 0.692 bits per heavy atom. The molecule has 13 heavy (non-hydrogen) atoms. The van der Waals surface area contributed by atoms with E-state index in [2.05, 4.69) is 20.3 Å². The van der Waals surface area contributed by atoms with Crippen molar-refractivity contribution < 1.29 is 229 Å². The fourth-order valence-electron chi connectivity index (χ4n) is 0.408. The maximum atomic E-state index is 2.31. The molecular formula is C6H13Y7-. The van der Waals surface area contributed by atoms with Crippen LogP contribution in [0.4, 0.5) is 0 Å². The quantitative estimate of drug-likeness (QED) is 0.313. The van der Waals surface area contributed by atoms with Gasteiger partial charge < -0.3 is 6.42 Å². The predicted molar refractivity (Wildman–Crippen MR) is 29.5 cm³/mol. The Bertz CT molecular complexity index is 24.9. The van der Waals surface area contributed by atoms with E-state index in [1.54, 1.807) is 0 Å². The maximum Gasteiger partial charge on any atom is 0 e. The van der Waals surface area contributed by atoms with Crippen LogP contribution in [0.2, 0.25) is 0 Å². The van der Waals surface area contributed by atoms with Crippen LogP contribution >= 0.6 is 0 Å². The standard InChI is InChI=1S/C6H13.7Y/c1-3-5-6-4-2;;;;;;;/h5H,3-4,6H2,1-2H3;;;;;;;/q-1;;;;;;;. The van der Waals surface area contributed by atoms with E-state index in [9.17, 15) is 0 Å². The molecule has 0 unspecified atom stereocenters. The Morgan fingerprint density at radius 3 is 1.08 bits per heavy atom. The van der Waals surface area contributed by atoms with Gasteiger partial charge in [-0.25, -0.2) is 0 Å². The average molecular weight is 708 g/mol. The molecule has 0 saturated heterocycles. The first kappa shape index (κ1) is 49.8. The molecule has 0 aliphatic rings. The van der Waals surface area contributed by atoms with Crippen LogP contribution in [0.25, 0.3) is 0 Å². The smallest absolute Gasteiger partial charge is 0 e. The largest absolute Gasteiger partial charge is 0.329 e. The van der Waals surface area contributed by atoms with E-state index in [1.165, 1.54) is 19.3 Å². The zero-order valence-corrected chi connectivity index (χ0v) is 28.6. The third-order valence-corrected chi connectivity index (χ3v) is 0.781. The van der Waals surface area contributed by atoms with E-state index >= 15 is 0 Å². The molecule has 0 amide bonds. The Labute approximate surface area is 260 Å². The van der Waals surface area contributed by atoms with Crippen molar-refractivity contribution in [3.63, 3.8) is 0 Å². The Balaban J connectivity index is -0.00000000595. The molecule has 0 aromatic carbocycles. The van der Waals surface area contributed by atoms with Gasteiger partial charge in [0.15, 0.2) is 0 Å². The van der Waals surface area contributed by atoms with Gasteiger partial charge in [-0.3, -0.25) is 0 Å². The van der Waals surface area contributed by atoms with E-state index < -0.39 is 0 Å². The number of hydrogen-bond donors (Lipinski definition) is 0. The molecule has 0 aromatic heterocycles. The molecule has 0 spiro atoms. The summed E-state index contributed by atoms with van der Waals surface area (Å²) in [4.78, 5) is 0. The molecule has 0 fully saturated rings. The summed E-state index contributed by atoms with van der Waals surface area (Å²) < 4.78 is 0. The van der Waals surface area contributed by atoms with Crippen LogP contribution < -0.4 is 0 Å². The van der Waals surface area contributed by atoms with Gasteiger partial charge in [-0.1, -0.05) is 20.3 Å². The summed E-state index contributed by atoms with van der Waals surface area (Å²) in [6.07, 6.45) is 6.12. The molecule has 0 atom stereocenters. The predicted octanol–water partition coefficient (Wildman–Crippen LogP) is 2.38. The first-order valence-corrected chi connectivity index (χ1v) is 2.73. The SMILES string of the molecule is CC[CH-]CCC.[Y].[Y].[Y].[Y].[Y].[Y].[Y]. The van der Waals surface area contributed by atoms with E-state index in [0.717, 1.165) is 0 Å². The van der Waals surface area contributed by atoms with Crippen LogP contribution in [-0.4, -0.2) is 0 Å². The second kappa shape index (κ2) is 50.3. The second-order valence-electron chi connectivity index (χ2n) is 1.49. The summed E-state index contributed by atoms with van der Waals surface area (Å²) in [6, 6.07) is 0. The van der Waals surface area contributed by atoms with Gasteiger partial charge in [0.25, 0.3) is 0 Å². The average Bonchev–Trinajstić information content (AvgIpc) is 1.61. The molecule has 7 radical (unpaired) electrons.